The van der Waals surface area contributed by atoms with Crippen LogP contribution in [-0.2, 0) is 4.74 Å². The van der Waals surface area contributed by atoms with Gasteiger partial charge in [0, 0.05) is 12.0 Å². The van der Waals surface area contributed by atoms with Gasteiger partial charge in [0.05, 0.1) is 12.6 Å². The molecule has 0 saturated carbocycles. The van der Waals surface area contributed by atoms with Gasteiger partial charge in [-0.15, -0.1) is 0 Å². The lowest BCUT2D eigenvalue weighted by Gasteiger charge is -2.07. The monoisotopic (exact) mass is 219 g/mol. The van der Waals surface area contributed by atoms with E-state index in [1.54, 1.807) is 0 Å². The number of ether oxygens (including phenoxy) is 1. The topological polar surface area (TPSA) is 48.4 Å². The molecule has 1 heterocycles. The Kier molecular flexibility index (Phi) is 3.27. The summed E-state index contributed by atoms with van der Waals surface area (Å²) in [5.41, 5.74) is 8.07. The van der Waals surface area contributed by atoms with Crippen LogP contribution in [0.2, 0.25) is 0 Å². The molecule has 1 atom stereocenters. The number of furan rings is 1. The van der Waals surface area contributed by atoms with Gasteiger partial charge in [-0.05, 0) is 32.0 Å². The minimum absolute atomic E-state index is 0.187. The van der Waals surface area contributed by atoms with Crippen molar-refractivity contribution in [2.75, 3.05) is 13.2 Å². The van der Waals surface area contributed by atoms with Crippen LogP contribution >= 0.6 is 0 Å². The highest BCUT2D eigenvalue weighted by Gasteiger charge is 2.11. The molecule has 0 radical (unpaired) electrons. The van der Waals surface area contributed by atoms with E-state index in [9.17, 15) is 0 Å². The maximum absolute atomic E-state index is 5.96. The van der Waals surface area contributed by atoms with Crippen LogP contribution in [0.25, 0.3) is 11.0 Å². The third kappa shape index (κ3) is 2.26. The van der Waals surface area contributed by atoms with Crippen molar-refractivity contribution < 1.29 is 9.15 Å². The molecule has 0 spiro atoms. The van der Waals surface area contributed by atoms with Crippen LogP contribution in [-0.4, -0.2) is 13.2 Å². The summed E-state index contributed by atoms with van der Waals surface area (Å²) in [6.07, 6.45) is 0. The largest absolute Gasteiger partial charge is 0.459 e. The van der Waals surface area contributed by atoms with E-state index in [4.69, 9.17) is 14.9 Å². The first kappa shape index (κ1) is 11.2. The first-order valence-electron chi connectivity index (χ1n) is 5.54. The fourth-order valence-corrected chi connectivity index (χ4v) is 1.69. The molecule has 3 nitrogen and oxygen atoms in total. The molecule has 1 aromatic carbocycles. The van der Waals surface area contributed by atoms with Gasteiger partial charge in [-0.25, -0.2) is 0 Å². The molecule has 0 aliphatic rings. The third-order valence-electron chi connectivity index (χ3n) is 2.56. The van der Waals surface area contributed by atoms with Gasteiger partial charge in [0.15, 0.2) is 0 Å². The smallest absolute Gasteiger partial charge is 0.134 e. The van der Waals surface area contributed by atoms with Gasteiger partial charge in [0.1, 0.15) is 11.3 Å². The molecule has 0 bridgehead atoms. The molecule has 0 saturated heterocycles. The lowest BCUT2D eigenvalue weighted by molar-refractivity contribution is 0.128. The van der Waals surface area contributed by atoms with Gasteiger partial charge in [0.2, 0.25) is 0 Å². The third-order valence-corrected chi connectivity index (χ3v) is 2.56. The zero-order valence-corrected chi connectivity index (χ0v) is 9.69. The quantitative estimate of drug-likeness (QED) is 0.860. The molecule has 3 heteroatoms. The number of rotatable bonds is 4. The number of hydrogen-bond acceptors (Lipinski definition) is 3. The van der Waals surface area contributed by atoms with Crippen LogP contribution in [0.1, 0.15) is 24.3 Å². The number of fused-ring (bicyclic) bond motifs is 1. The summed E-state index contributed by atoms with van der Waals surface area (Å²) in [6, 6.07) is 7.90. The Morgan fingerprint density at radius 2 is 2.19 bits per heavy atom. The van der Waals surface area contributed by atoms with Crippen molar-refractivity contribution in [2.24, 2.45) is 5.73 Å². The second-order valence-electron chi connectivity index (χ2n) is 3.96. The molecular formula is C13H17NO2. The van der Waals surface area contributed by atoms with E-state index >= 15 is 0 Å². The fourth-order valence-electron chi connectivity index (χ4n) is 1.69. The number of hydrogen-bond donors (Lipinski definition) is 1. The summed E-state index contributed by atoms with van der Waals surface area (Å²) in [4.78, 5) is 0. The molecule has 86 valence electrons. The normalized spacial score (nSPS) is 13.2. The Labute approximate surface area is 95.2 Å². The van der Waals surface area contributed by atoms with Crippen molar-refractivity contribution >= 4 is 11.0 Å². The number of benzene rings is 1. The van der Waals surface area contributed by atoms with Crippen molar-refractivity contribution in [3.8, 4) is 0 Å². The second-order valence-corrected chi connectivity index (χ2v) is 3.96. The van der Waals surface area contributed by atoms with Crippen molar-refractivity contribution in [1.82, 2.24) is 0 Å². The van der Waals surface area contributed by atoms with Gasteiger partial charge in [-0.3, -0.25) is 0 Å². The Morgan fingerprint density at radius 1 is 1.38 bits per heavy atom. The molecule has 0 aliphatic heterocycles. The second kappa shape index (κ2) is 4.68. The van der Waals surface area contributed by atoms with Crippen LogP contribution in [0.15, 0.2) is 28.7 Å². The summed E-state index contributed by atoms with van der Waals surface area (Å²) in [6.45, 7) is 5.18. The minimum atomic E-state index is -0.187. The average Bonchev–Trinajstić information content (AvgIpc) is 2.68. The van der Waals surface area contributed by atoms with Gasteiger partial charge in [0.25, 0.3) is 0 Å². The van der Waals surface area contributed by atoms with E-state index in [2.05, 4.69) is 13.0 Å². The highest BCUT2D eigenvalue weighted by Crippen LogP contribution is 2.23. The van der Waals surface area contributed by atoms with E-state index in [1.165, 1.54) is 5.56 Å². The lowest BCUT2D eigenvalue weighted by atomic mass is 10.1. The molecule has 0 fully saturated rings. The van der Waals surface area contributed by atoms with Crippen molar-refractivity contribution in [1.29, 1.82) is 0 Å². The highest BCUT2D eigenvalue weighted by atomic mass is 16.5. The molecule has 1 aromatic heterocycles. The van der Waals surface area contributed by atoms with E-state index in [-0.39, 0.29) is 6.04 Å². The van der Waals surface area contributed by atoms with E-state index in [0.29, 0.717) is 13.2 Å². The maximum Gasteiger partial charge on any atom is 0.134 e. The van der Waals surface area contributed by atoms with Crippen molar-refractivity contribution in [3.63, 3.8) is 0 Å². The minimum Gasteiger partial charge on any atom is -0.459 e. The van der Waals surface area contributed by atoms with E-state index < -0.39 is 0 Å². The summed E-state index contributed by atoms with van der Waals surface area (Å²) >= 11 is 0. The molecule has 2 aromatic rings. The molecule has 0 amide bonds. The Hall–Kier alpha value is -1.32. The molecule has 1 unspecified atom stereocenters. The van der Waals surface area contributed by atoms with Gasteiger partial charge >= 0.3 is 0 Å². The average molecular weight is 219 g/mol. The molecule has 16 heavy (non-hydrogen) atoms. The van der Waals surface area contributed by atoms with Crippen molar-refractivity contribution in [2.45, 2.75) is 19.9 Å². The molecule has 2 rings (SSSR count). The van der Waals surface area contributed by atoms with E-state index in [1.807, 2.05) is 25.1 Å². The Balaban J connectivity index is 2.25. The standard InChI is InChI=1S/C13H17NO2/c1-3-15-8-11(14)13-7-10-6-9(2)4-5-12(10)16-13/h4-7,11H,3,8,14H2,1-2H3. The SMILES string of the molecule is CCOCC(N)c1cc2cc(C)ccc2o1. The lowest BCUT2D eigenvalue weighted by Crippen LogP contribution is -2.16. The predicted octanol–water partition coefficient (Wildman–Crippen LogP) is 2.78. The van der Waals surface area contributed by atoms with Gasteiger partial charge < -0.3 is 14.9 Å². The molecule has 0 aliphatic carbocycles. The van der Waals surface area contributed by atoms with Crippen LogP contribution < -0.4 is 5.73 Å². The Bertz CT molecular complexity index is 476. The number of nitrogens with two attached hydrogens (primary N) is 1. The first-order chi connectivity index (χ1) is 7.70. The number of aryl methyl sites for hydroxylation is 1. The predicted molar refractivity (Wildman–Crippen MR) is 64.4 cm³/mol. The zero-order chi connectivity index (χ0) is 11.5. The van der Waals surface area contributed by atoms with Crippen molar-refractivity contribution in [3.05, 3.63) is 35.6 Å². The van der Waals surface area contributed by atoms with Crippen LogP contribution in [0.4, 0.5) is 0 Å². The highest BCUT2D eigenvalue weighted by molar-refractivity contribution is 5.78. The summed E-state index contributed by atoms with van der Waals surface area (Å²) in [7, 11) is 0. The van der Waals surface area contributed by atoms with Gasteiger partial charge in [-0.2, -0.15) is 0 Å². The fraction of sp³-hybridized carbons (Fsp3) is 0.385. The Morgan fingerprint density at radius 3 is 2.94 bits per heavy atom. The van der Waals surface area contributed by atoms with E-state index in [0.717, 1.165) is 16.7 Å². The molecule has 2 N–H and O–H groups in total. The summed E-state index contributed by atoms with van der Waals surface area (Å²) < 4.78 is 11.0. The van der Waals surface area contributed by atoms with Crippen LogP contribution in [0.5, 0.6) is 0 Å². The summed E-state index contributed by atoms with van der Waals surface area (Å²) in [5, 5.41) is 1.10. The maximum atomic E-state index is 5.96. The summed E-state index contributed by atoms with van der Waals surface area (Å²) in [5.74, 6) is 0.786. The van der Waals surface area contributed by atoms with Gasteiger partial charge in [-0.1, -0.05) is 11.6 Å². The zero-order valence-electron chi connectivity index (χ0n) is 9.69. The van der Waals surface area contributed by atoms with Crippen LogP contribution in [0, 0.1) is 6.92 Å². The van der Waals surface area contributed by atoms with Crippen LogP contribution in [0.3, 0.4) is 0 Å². The first-order valence-corrected chi connectivity index (χ1v) is 5.54. The molecular weight excluding hydrogens is 202 g/mol.